The van der Waals surface area contributed by atoms with Crippen LogP contribution in [0.5, 0.6) is 0 Å². The number of anilines is 1. The quantitative estimate of drug-likeness (QED) is 0.739. The Morgan fingerprint density at radius 3 is 2.72 bits per heavy atom. The summed E-state index contributed by atoms with van der Waals surface area (Å²) in [6.45, 7) is 0. The van der Waals surface area contributed by atoms with E-state index in [-0.39, 0.29) is 0 Å². The van der Waals surface area contributed by atoms with Crippen molar-refractivity contribution >= 4 is 22.4 Å². The molecule has 1 N–H and O–H groups in total. The highest BCUT2D eigenvalue weighted by Crippen LogP contribution is 2.48. The summed E-state index contributed by atoms with van der Waals surface area (Å²) in [6, 6.07) is 17.3. The van der Waals surface area contributed by atoms with E-state index >= 15 is 0 Å². The zero-order valence-corrected chi connectivity index (χ0v) is 10.8. The fourth-order valence-electron chi connectivity index (χ4n) is 2.66. The van der Waals surface area contributed by atoms with Crippen LogP contribution in [0, 0.1) is 0 Å². The van der Waals surface area contributed by atoms with Crippen molar-refractivity contribution in [3.05, 3.63) is 65.4 Å². The zero-order chi connectivity index (χ0) is 11.9. The van der Waals surface area contributed by atoms with E-state index in [1.807, 2.05) is 11.8 Å². The number of rotatable bonds is 0. The number of hydrogen-bond donors (Lipinski definition) is 1. The molecule has 0 aromatic heterocycles. The topological polar surface area (TPSA) is 12.0 Å². The van der Waals surface area contributed by atoms with Gasteiger partial charge in [-0.2, -0.15) is 0 Å². The molecule has 0 radical (unpaired) electrons. The summed E-state index contributed by atoms with van der Waals surface area (Å²) in [6.07, 6.45) is 2.26. The maximum absolute atomic E-state index is 3.60. The van der Waals surface area contributed by atoms with E-state index in [2.05, 4.69) is 53.8 Å². The molecule has 1 heterocycles. The van der Waals surface area contributed by atoms with Gasteiger partial charge < -0.3 is 5.32 Å². The fourth-order valence-corrected chi connectivity index (χ4v) is 3.84. The molecule has 0 saturated carbocycles. The predicted molar refractivity (Wildman–Crippen MR) is 77.6 cm³/mol. The number of nitrogens with one attached hydrogen (secondary N) is 1. The van der Waals surface area contributed by atoms with Gasteiger partial charge in [0.1, 0.15) is 0 Å². The van der Waals surface area contributed by atoms with Gasteiger partial charge in [0.25, 0.3) is 0 Å². The molecule has 2 aromatic rings. The van der Waals surface area contributed by atoms with Crippen LogP contribution < -0.4 is 5.32 Å². The molecule has 4 rings (SSSR count). The lowest BCUT2D eigenvalue weighted by Gasteiger charge is -2.29. The van der Waals surface area contributed by atoms with E-state index in [4.69, 9.17) is 0 Å². The lowest BCUT2D eigenvalue weighted by atomic mass is 9.95. The van der Waals surface area contributed by atoms with Crippen LogP contribution in [0.3, 0.4) is 0 Å². The average Bonchev–Trinajstić information content (AvgIpc) is 2.45. The Balaban J connectivity index is 1.86. The normalized spacial score (nSPS) is 16.4. The molecule has 2 aliphatic rings. The van der Waals surface area contributed by atoms with E-state index in [0.29, 0.717) is 0 Å². The number of hydrogen-bond acceptors (Lipinski definition) is 2. The molecule has 18 heavy (non-hydrogen) atoms. The van der Waals surface area contributed by atoms with Crippen LogP contribution >= 0.6 is 11.8 Å². The molecule has 2 aromatic carbocycles. The van der Waals surface area contributed by atoms with Crippen molar-refractivity contribution in [3.8, 4) is 0 Å². The molecule has 0 bridgehead atoms. The van der Waals surface area contributed by atoms with Crippen molar-refractivity contribution < 1.29 is 0 Å². The number of allylic oxidation sites excluding steroid dienone is 1. The number of benzene rings is 2. The minimum absolute atomic E-state index is 1.12. The monoisotopic (exact) mass is 251 g/mol. The fraction of sp³-hybridized carbons (Fsp3) is 0.125. The summed E-state index contributed by atoms with van der Waals surface area (Å²) in [7, 11) is 0. The van der Waals surface area contributed by atoms with Crippen LogP contribution in [0.15, 0.2) is 59.1 Å². The van der Waals surface area contributed by atoms with Gasteiger partial charge in [0.15, 0.2) is 0 Å². The van der Waals surface area contributed by atoms with Crippen LogP contribution in [-0.4, -0.2) is 0 Å². The van der Waals surface area contributed by atoms with E-state index in [0.717, 1.165) is 12.8 Å². The van der Waals surface area contributed by atoms with Gasteiger partial charge in [-0.1, -0.05) is 48.2 Å². The Morgan fingerprint density at radius 1 is 0.889 bits per heavy atom. The van der Waals surface area contributed by atoms with Crippen molar-refractivity contribution in [3.63, 3.8) is 0 Å². The highest BCUT2D eigenvalue weighted by atomic mass is 32.2. The lowest BCUT2D eigenvalue weighted by molar-refractivity contribution is 0.925. The van der Waals surface area contributed by atoms with Gasteiger partial charge in [-0.15, -0.1) is 0 Å². The smallest absolute Gasteiger partial charge is 0.0523 e. The summed E-state index contributed by atoms with van der Waals surface area (Å²) in [4.78, 5) is 2.74. The maximum Gasteiger partial charge on any atom is 0.0523 e. The van der Waals surface area contributed by atoms with Crippen molar-refractivity contribution in [2.24, 2.45) is 0 Å². The van der Waals surface area contributed by atoms with Gasteiger partial charge in [-0.05, 0) is 36.1 Å². The van der Waals surface area contributed by atoms with Gasteiger partial charge in [-0.25, -0.2) is 0 Å². The first-order chi connectivity index (χ1) is 8.92. The van der Waals surface area contributed by atoms with Gasteiger partial charge in [-0.3, -0.25) is 0 Å². The van der Waals surface area contributed by atoms with Crippen molar-refractivity contribution in [1.82, 2.24) is 0 Å². The molecule has 0 atom stereocenters. The molecule has 1 nitrogen and oxygen atoms in total. The number of para-hydroxylation sites is 1. The highest BCUT2D eigenvalue weighted by Gasteiger charge is 2.24. The third-order valence-electron chi connectivity index (χ3n) is 3.57. The minimum atomic E-state index is 1.12. The average molecular weight is 251 g/mol. The Morgan fingerprint density at radius 2 is 1.72 bits per heavy atom. The molecular weight excluding hydrogens is 238 g/mol. The van der Waals surface area contributed by atoms with Crippen molar-refractivity contribution in [2.75, 3.05) is 5.32 Å². The van der Waals surface area contributed by atoms with Crippen LogP contribution in [0.2, 0.25) is 0 Å². The van der Waals surface area contributed by atoms with Crippen molar-refractivity contribution in [2.45, 2.75) is 17.7 Å². The van der Waals surface area contributed by atoms with Crippen LogP contribution in [0.1, 0.15) is 17.5 Å². The number of fused-ring (bicyclic) bond motifs is 3. The third kappa shape index (κ3) is 1.49. The Bertz CT molecular complexity index is 658. The third-order valence-corrected chi connectivity index (χ3v) is 4.81. The van der Waals surface area contributed by atoms with Gasteiger partial charge in [0, 0.05) is 15.5 Å². The molecular formula is C16H13NS. The second-order valence-electron chi connectivity index (χ2n) is 4.69. The zero-order valence-electron chi connectivity index (χ0n) is 9.94. The summed E-state index contributed by atoms with van der Waals surface area (Å²) < 4.78 is 0. The molecule has 1 aliphatic heterocycles. The van der Waals surface area contributed by atoms with Gasteiger partial charge in [0.2, 0.25) is 0 Å². The first-order valence-electron chi connectivity index (χ1n) is 6.27. The molecule has 0 amide bonds. The Labute approximate surface area is 111 Å². The summed E-state index contributed by atoms with van der Waals surface area (Å²) >= 11 is 1.90. The van der Waals surface area contributed by atoms with E-state index in [1.54, 1.807) is 0 Å². The standard InChI is InChI=1S/C16H13NS/c1-2-6-12-11(5-1)9-10-14-16(12)18-15-8-4-3-7-13(15)17-14/h1-8,17H,9-10H2. The van der Waals surface area contributed by atoms with Gasteiger partial charge >= 0.3 is 0 Å². The summed E-state index contributed by atoms with van der Waals surface area (Å²) in [5.41, 5.74) is 5.52. The lowest BCUT2D eigenvalue weighted by Crippen LogP contribution is -2.13. The van der Waals surface area contributed by atoms with E-state index in [9.17, 15) is 0 Å². The molecule has 1 aliphatic carbocycles. The first-order valence-corrected chi connectivity index (χ1v) is 7.09. The molecule has 0 saturated heterocycles. The van der Waals surface area contributed by atoms with Crippen LogP contribution in [0.4, 0.5) is 5.69 Å². The Kier molecular flexibility index (Phi) is 2.24. The van der Waals surface area contributed by atoms with Crippen molar-refractivity contribution in [1.29, 1.82) is 0 Å². The van der Waals surface area contributed by atoms with Gasteiger partial charge in [0.05, 0.1) is 5.69 Å². The Hall–Kier alpha value is -1.67. The van der Waals surface area contributed by atoms with Crippen LogP contribution in [0.25, 0.3) is 4.91 Å². The second-order valence-corrected chi connectivity index (χ2v) is 5.74. The molecule has 88 valence electrons. The largest absolute Gasteiger partial charge is 0.357 e. The van der Waals surface area contributed by atoms with E-state index < -0.39 is 0 Å². The summed E-state index contributed by atoms with van der Waals surface area (Å²) in [5.74, 6) is 0. The molecule has 0 unspecified atom stereocenters. The van der Waals surface area contributed by atoms with Crippen LogP contribution in [-0.2, 0) is 6.42 Å². The summed E-state index contributed by atoms with van der Waals surface area (Å²) in [5, 5.41) is 3.60. The maximum atomic E-state index is 3.60. The van der Waals surface area contributed by atoms with E-state index in [1.165, 1.54) is 32.3 Å². The highest BCUT2D eigenvalue weighted by molar-refractivity contribution is 8.08. The second kappa shape index (κ2) is 3.92. The first kappa shape index (κ1) is 10.3. The SMILES string of the molecule is c1ccc2c(c1)CCC1=C2Sc2ccccc2N1. The predicted octanol–water partition coefficient (Wildman–Crippen LogP) is 4.52. The number of thioether (sulfide) groups is 1. The molecule has 0 fully saturated rings. The number of aryl methyl sites for hydroxylation is 1. The minimum Gasteiger partial charge on any atom is -0.357 e. The molecule has 0 spiro atoms. The molecule has 2 heteroatoms.